The average Bonchev–Trinajstić information content (AvgIpc) is 3.37. The summed E-state index contributed by atoms with van der Waals surface area (Å²) in [6.07, 6.45) is 0. The molecule has 11 aromatic rings. The fraction of sp³-hybridized carbons (Fsp3) is 0.0161. The predicted molar refractivity (Wildman–Crippen MR) is 271 cm³/mol. The van der Waals surface area contributed by atoms with Crippen LogP contribution in [0.5, 0.6) is 11.5 Å². The van der Waals surface area contributed by atoms with Gasteiger partial charge in [0.2, 0.25) is 0 Å². The van der Waals surface area contributed by atoms with E-state index in [9.17, 15) is 5.26 Å². The topological polar surface area (TPSA) is 36.3 Å². The van der Waals surface area contributed by atoms with Crippen molar-refractivity contribution in [3.05, 3.63) is 248 Å². The molecule has 0 atom stereocenters. The van der Waals surface area contributed by atoms with Crippen LogP contribution in [0, 0.1) is 18.3 Å². The summed E-state index contributed by atoms with van der Waals surface area (Å²) in [5, 5.41) is 17.0. The molecule has 11 rings (SSSR count). The summed E-state index contributed by atoms with van der Waals surface area (Å²) < 4.78 is 6.81. The Hall–Kier alpha value is -8.71. The van der Waals surface area contributed by atoms with Crippen molar-refractivity contribution in [1.82, 2.24) is 0 Å². The number of ether oxygens (including phenoxy) is 1. The van der Waals surface area contributed by atoms with Gasteiger partial charge in [-0.15, -0.1) is 0 Å². The molecule has 0 N–H and O–H groups in total. The first-order chi connectivity index (χ1) is 32.1. The second kappa shape index (κ2) is 16.9. The Balaban J connectivity index is 1.12. The van der Waals surface area contributed by atoms with Gasteiger partial charge in [0.1, 0.15) is 11.5 Å². The minimum atomic E-state index is 0.613. The number of rotatable bonds is 9. The Morgan fingerprint density at radius 2 is 0.908 bits per heavy atom. The first-order valence-corrected chi connectivity index (χ1v) is 22.0. The van der Waals surface area contributed by atoms with Crippen molar-refractivity contribution < 1.29 is 4.74 Å². The van der Waals surface area contributed by atoms with Crippen molar-refractivity contribution in [3.8, 4) is 62.1 Å². The first kappa shape index (κ1) is 39.2. The molecule has 0 aromatic heterocycles. The van der Waals surface area contributed by atoms with E-state index in [-0.39, 0.29) is 0 Å². The van der Waals surface area contributed by atoms with Crippen LogP contribution in [-0.2, 0) is 0 Å². The highest BCUT2D eigenvalue weighted by atomic mass is 16.5. The van der Waals surface area contributed by atoms with Crippen molar-refractivity contribution in [2.75, 3.05) is 4.90 Å². The van der Waals surface area contributed by atoms with Crippen LogP contribution in [0.25, 0.3) is 76.8 Å². The van der Waals surface area contributed by atoms with E-state index in [0.29, 0.717) is 5.56 Å². The number of para-hydroxylation sites is 1. The van der Waals surface area contributed by atoms with E-state index in [2.05, 4.69) is 194 Å². The molecule has 0 saturated heterocycles. The fourth-order valence-electron chi connectivity index (χ4n) is 9.38. The van der Waals surface area contributed by atoms with Crippen LogP contribution >= 0.6 is 0 Å². The standard InChI is InChI=1S/C62H42N2O/c1-42-27-33-50(64(48-34-28-43(41-63)29-35-48)49-36-30-45(31-37-49)44-15-4-2-5-16-44)40-58(42)59-39-47(32-38-60(59)65-51-19-6-3-7-20-51)61-54-22-10-12-24-56(54)62(57-25-13-11-23-55(57)61)53-26-14-18-46-17-8-9-21-52(46)53/h2-40H,1H3. The molecule has 0 heterocycles. The second-order valence-electron chi connectivity index (χ2n) is 16.4. The largest absolute Gasteiger partial charge is 0.457 e. The van der Waals surface area contributed by atoms with Crippen molar-refractivity contribution in [1.29, 1.82) is 5.26 Å². The van der Waals surface area contributed by atoms with Crippen molar-refractivity contribution in [3.63, 3.8) is 0 Å². The quantitative estimate of drug-likeness (QED) is 0.136. The van der Waals surface area contributed by atoms with Gasteiger partial charge in [-0.1, -0.05) is 164 Å². The normalized spacial score (nSPS) is 11.1. The van der Waals surface area contributed by atoms with Crippen LogP contribution in [0.4, 0.5) is 17.1 Å². The average molecular weight is 831 g/mol. The molecule has 0 aliphatic rings. The van der Waals surface area contributed by atoms with Gasteiger partial charge in [-0.25, -0.2) is 0 Å². The van der Waals surface area contributed by atoms with Gasteiger partial charge in [-0.2, -0.15) is 5.26 Å². The summed E-state index contributed by atoms with van der Waals surface area (Å²) in [5.74, 6) is 1.53. The third kappa shape index (κ3) is 7.34. The fourth-order valence-corrected chi connectivity index (χ4v) is 9.38. The lowest BCUT2D eigenvalue weighted by molar-refractivity contribution is 0.484. The van der Waals surface area contributed by atoms with Crippen LogP contribution in [0.15, 0.2) is 237 Å². The molecule has 0 radical (unpaired) electrons. The summed E-state index contributed by atoms with van der Waals surface area (Å²) in [5.41, 5.74) is 13.7. The molecule has 3 heteroatoms. The molecular weight excluding hydrogens is 789 g/mol. The highest BCUT2D eigenvalue weighted by Gasteiger charge is 2.21. The van der Waals surface area contributed by atoms with E-state index < -0.39 is 0 Å². The molecule has 11 aromatic carbocycles. The zero-order valence-electron chi connectivity index (χ0n) is 35.8. The maximum Gasteiger partial charge on any atom is 0.135 e. The molecule has 306 valence electrons. The third-order valence-electron chi connectivity index (χ3n) is 12.5. The highest BCUT2D eigenvalue weighted by Crippen LogP contribution is 2.48. The predicted octanol–water partition coefficient (Wildman–Crippen LogP) is 17.3. The first-order valence-electron chi connectivity index (χ1n) is 22.0. The lowest BCUT2D eigenvalue weighted by Gasteiger charge is -2.27. The SMILES string of the molecule is Cc1ccc(N(c2ccc(C#N)cc2)c2ccc(-c3ccccc3)cc2)cc1-c1cc(-c2c3ccccc3c(-c3cccc4ccccc34)c3ccccc23)ccc1Oc1ccccc1. The minimum absolute atomic E-state index is 0.613. The molecule has 3 nitrogen and oxygen atoms in total. The smallest absolute Gasteiger partial charge is 0.135 e. The molecule has 0 aliphatic carbocycles. The maximum absolute atomic E-state index is 9.71. The second-order valence-corrected chi connectivity index (χ2v) is 16.4. The summed E-state index contributed by atoms with van der Waals surface area (Å²) in [7, 11) is 0. The number of benzene rings is 11. The Morgan fingerprint density at radius 3 is 1.57 bits per heavy atom. The molecule has 0 aliphatic heterocycles. The van der Waals surface area contributed by atoms with Gasteiger partial charge in [-0.3, -0.25) is 0 Å². The van der Waals surface area contributed by atoms with Gasteiger partial charge in [0.25, 0.3) is 0 Å². The van der Waals surface area contributed by atoms with Gasteiger partial charge in [0.05, 0.1) is 11.6 Å². The van der Waals surface area contributed by atoms with Crippen LogP contribution in [0.2, 0.25) is 0 Å². The Bertz CT molecular complexity index is 3510. The van der Waals surface area contributed by atoms with Crippen molar-refractivity contribution >= 4 is 49.4 Å². The number of anilines is 3. The van der Waals surface area contributed by atoms with E-state index in [1.165, 1.54) is 49.0 Å². The van der Waals surface area contributed by atoms with E-state index in [0.717, 1.165) is 61.9 Å². The van der Waals surface area contributed by atoms with Crippen LogP contribution in [-0.4, -0.2) is 0 Å². The number of aryl methyl sites for hydroxylation is 1. The Morgan fingerprint density at radius 1 is 0.385 bits per heavy atom. The summed E-state index contributed by atoms with van der Waals surface area (Å²) in [6, 6.07) is 85.5. The molecule has 0 spiro atoms. The van der Waals surface area contributed by atoms with Crippen molar-refractivity contribution in [2.24, 2.45) is 0 Å². The lowest BCUT2D eigenvalue weighted by atomic mass is 9.84. The molecule has 0 unspecified atom stereocenters. The molecule has 0 saturated carbocycles. The van der Waals surface area contributed by atoms with Crippen LogP contribution in [0.3, 0.4) is 0 Å². The van der Waals surface area contributed by atoms with E-state index in [1.807, 2.05) is 60.7 Å². The lowest BCUT2D eigenvalue weighted by Crippen LogP contribution is -2.10. The van der Waals surface area contributed by atoms with E-state index >= 15 is 0 Å². The van der Waals surface area contributed by atoms with Crippen molar-refractivity contribution in [2.45, 2.75) is 6.92 Å². The molecule has 0 bridgehead atoms. The minimum Gasteiger partial charge on any atom is -0.457 e. The van der Waals surface area contributed by atoms with E-state index in [1.54, 1.807) is 0 Å². The summed E-state index contributed by atoms with van der Waals surface area (Å²) >= 11 is 0. The number of nitriles is 1. The monoisotopic (exact) mass is 830 g/mol. The number of nitrogens with zero attached hydrogens (tertiary/aromatic N) is 2. The third-order valence-corrected chi connectivity index (χ3v) is 12.5. The van der Waals surface area contributed by atoms with Crippen LogP contribution in [0.1, 0.15) is 11.1 Å². The molecule has 0 fully saturated rings. The zero-order chi connectivity index (χ0) is 43.7. The Kier molecular flexibility index (Phi) is 10.2. The Labute approximate surface area is 379 Å². The van der Waals surface area contributed by atoms with Gasteiger partial charge in [0, 0.05) is 22.6 Å². The van der Waals surface area contributed by atoms with Gasteiger partial charge < -0.3 is 9.64 Å². The maximum atomic E-state index is 9.71. The summed E-state index contributed by atoms with van der Waals surface area (Å²) in [4.78, 5) is 2.26. The molecule has 65 heavy (non-hydrogen) atoms. The zero-order valence-corrected chi connectivity index (χ0v) is 35.8. The number of fused-ring (bicyclic) bond motifs is 3. The number of hydrogen-bond donors (Lipinski definition) is 0. The van der Waals surface area contributed by atoms with Gasteiger partial charge in [-0.05, 0) is 157 Å². The molecular formula is C62H42N2O. The van der Waals surface area contributed by atoms with Gasteiger partial charge >= 0.3 is 0 Å². The number of hydrogen-bond acceptors (Lipinski definition) is 3. The van der Waals surface area contributed by atoms with Gasteiger partial charge in [0.15, 0.2) is 0 Å². The van der Waals surface area contributed by atoms with E-state index in [4.69, 9.17) is 4.74 Å². The highest BCUT2D eigenvalue weighted by molar-refractivity contribution is 6.23. The van der Waals surface area contributed by atoms with Crippen LogP contribution < -0.4 is 9.64 Å². The summed E-state index contributed by atoms with van der Waals surface area (Å²) in [6.45, 7) is 2.17. The molecule has 0 amide bonds.